The van der Waals surface area contributed by atoms with Crippen LogP contribution in [0, 0.1) is 0 Å². The molecule has 0 heterocycles. The second-order valence-electron chi connectivity index (χ2n) is 11.1. The molecule has 0 aromatic rings. The highest BCUT2D eigenvalue weighted by molar-refractivity contribution is 7.85. The Kier molecular flexibility index (Phi) is 22.8. The van der Waals surface area contributed by atoms with E-state index in [-0.39, 0.29) is 12.4 Å². The number of nitrogens with zero attached hydrogens (tertiary/aromatic N) is 2. The highest BCUT2D eigenvalue weighted by atomic mass is 32.2. The molecule has 0 aromatic carbocycles. The molecule has 0 aliphatic rings. The van der Waals surface area contributed by atoms with Gasteiger partial charge in [-0.25, -0.2) is 0 Å². The zero-order valence-electron chi connectivity index (χ0n) is 23.7. The second-order valence-corrected chi connectivity index (χ2v) is 12.7. The van der Waals surface area contributed by atoms with Gasteiger partial charge in [0.1, 0.15) is 0 Å². The maximum absolute atomic E-state index is 11.2. The standard InChI is InChI=1S/C28H60N2O4S/c1-4-5-6-7-8-9-10-11-12-13-14-15-16-18-24-30(3,26-21-28-35(32,33)34)25-19-17-22-29(2)23-20-27-31/h31H,4-28H2,1-3H3/p+1. The Hall–Kier alpha value is -0.210. The quantitative estimate of drug-likeness (QED) is 0.0755. The molecule has 1 atom stereocenters. The van der Waals surface area contributed by atoms with E-state index < -0.39 is 10.1 Å². The fraction of sp³-hybridized carbons (Fsp3) is 1.00. The van der Waals surface area contributed by atoms with E-state index in [1.54, 1.807) is 0 Å². The number of quaternary nitrogens is 1. The summed E-state index contributed by atoms with van der Waals surface area (Å²) in [4.78, 5) is 2.27. The van der Waals surface area contributed by atoms with Crippen LogP contribution in [0.1, 0.15) is 122 Å². The van der Waals surface area contributed by atoms with Crippen LogP contribution in [0.3, 0.4) is 0 Å². The Morgan fingerprint density at radius 1 is 0.629 bits per heavy atom. The number of aliphatic hydroxyl groups is 1. The number of rotatable bonds is 27. The average molecular weight is 522 g/mol. The minimum atomic E-state index is -3.88. The average Bonchev–Trinajstić information content (AvgIpc) is 2.80. The third-order valence-corrected chi connectivity index (χ3v) is 8.14. The van der Waals surface area contributed by atoms with Crippen molar-refractivity contribution in [3.63, 3.8) is 0 Å². The van der Waals surface area contributed by atoms with Gasteiger partial charge >= 0.3 is 0 Å². The lowest BCUT2D eigenvalue weighted by Gasteiger charge is -2.35. The van der Waals surface area contributed by atoms with Gasteiger partial charge in [0.05, 0.1) is 32.4 Å². The molecule has 0 aromatic heterocycles. The van der Waals surface area contributed by atoms with Gasteiger partial charge in [-0.15, -0.1) is 0 Å². The minimum absolute atomic E-state index is 0.135. The van der Waals surface area contributed by atoms with Crippen LogP contribution in [0.4, 0.5) is 0 Å². The van der Waals surface area contributed by atoms with Gasteiger partial charge < -0.3 is 14.5 Å². The highest BCUT2D eigenvalue weighted by Gasteiger charge is 2.21. The predicted octanol–water partition coefficient (Wildman–Crippen LogP) is 6.29. The summed E-state index contributed by atoms with van der Waals surface area (Å²) in [5.74, 6) is -0.135. The number of unbranched alkanes of at least 4 members (excludes halogenated alkanes) is 14. The van der Waals surface area contributed by atoms with E-state index in [4.69, 9.17) is 9.66 Å². The molecule has 212 valence electrons. The molecule has 0 rings (SSSR count). The van der Waals surface area contributed by atoms with Crippen molar-refractivity contribution in [2.45, 2.75) is 122 Å². The van der Waals surface area contributed by atoms with E-state index in [1.165, 1.54) is 89.9 Å². The van der Waals surface area contributed by atoms with Crippen LogP contribution in [0.15, 0.2) is 0 Å². The van der Waals surface area contributed by atoms with Gasteiger partial charge in [-0.3, -0.25) is 4.55 Å². The van der Waals surface area contributed by atoms with Crippen molar-refractivity contribution >= 4 is 10.1 Å². The van der Waals surface area contributed by atoms with Crippen LogP contribution in [0.5, 0.6) is 0 Å². The lowest BCUT2D eigenvalue weighted by molar-refractivity contribution is -0.910. The molecule has 0 saturated carbocycles. The van der Waals surface area contributed by atoms with Gasteiger partial charge in [-0.2, -0.15) is 8.42 Å². The number of hydrogen-bond acceptors (Lipinski definition) is 4. The van der Waals surface area contributed by atoms with Gasteiger partial charge in [0.25, 0.3) is 10.1 Å². The zero-order valence-corrected chi connectivity index (χ0v) is 24.5. The van der Waals surface area contributed by atoms with E-state index >= 15 is 0 Å². The maximum Gasteiger partial charge on any atom is 0.265 e. The topological polar surface area (TPSA) is 77.8 Å². The fourth-order valence-corrected chi connectivity index (χ4v) is 5.47. The molecular weight excluding hydrogens is 460 g/mol. The molecule has 2 N–H and O–H groups in total. The Morgan fingerprint density at radius 3 is 1.49 bits per heavy atom. The van der Waals surface area contributed by atoms with Crippen molar-refractivity contribution in [1.29, 1.82) is 0 Å². The summed E-state index contributed by atoms with van der Waals surface area (Å²) < 4.78 is 32.3. The Bertz CT molecular complexity index is 559. The molecule has 7 heteroatoms. The first-order chi connectivity index (χ1) is 16.7. The predicted molar refractivity (Wildman–Crippen MR) is 151 cm³/mol. The van der Waals surface area contributed by atoms with E-state index in [2.05, 4.69) is 25.9 Å². The molecule has 0 aliphatic heterocycles. The molecule has 0 aliphatic carbocycles. The number of aliphatic hydroxyl groups excluding tert-OH is 1. The molecule has 0 saturated heterocycles. The lowest BCUT2D eigenvalue weighted by atomic mass is 10.0. The van der Waals surface area contributed by atoms with Crippen molar-refractivity contribution in [1.82, 2.24) is 4.90 Å². The van der Waals surface area contributed by atoms with Gasteiger partial charge in [0.2, 0.25) is 0 Å². The Labute approximate surface area is 219 Å². The first kappa shape index (κ1) is 34.8. The highest BCUT2D eigenvalue weighted by Crippen LogP contribution is 2.15. The van der Waals surface area contributed by atoms with Crippen molar-refractivity contribution in [3.05, 3.63) is 0 Å². The number of hydrogen-bond donors (Lipinski definition) is 2. The maximum atomic E-state index is 11.2. The summed E-state index contributed by atoms with van der Waals surface area (Å²) in [5, 5.41) is 8.97. The summed E-state index contributed by atoms with van der Waals surface area (Å²) in [6, 6.07) is 0. The summed E-state index contributed by atoms with van der Waals surface area (Å²) in [6.07, 6.45) is 22.6. The Morgan fingerprint density at radius 2 is 1.03 bits per heavy atom. The summed E-state index contributed by atoms with van der Waals surface area (Å²) in [5.41, 5.74) is 0. The summed E-state index contributed by atoms with van der Waals surface area (Å²) in [6.45, 7) is 7.42. The van der Waals surface area contributed by atoms with E-state index in [0.29, 0.717) is 6.42 Å². The van der Waals surface area contributed by atoms with Crippen molar-refractivity contribution in [3.8, 4) is 0 Å². The van der Waals surface area contributed by atoms with E-state index in [0.717, 1.165) is 56.5 Å². The van der Waals surface area contributed by atoms with Crippen LogP contribution in [0.2, 0.25) is 0 Å². The van der Waals surface area contributed by atoms with E-state index in [9.17, 15) is 8.42 Å². The molecule has 0 spiro atoms. The monoisotopic (exact) mass is 521 g/mol. The SMILES string of the molecule is CCCCCCCCCCCCCCCC[N+](C)(CCCCN(C)CCCO)CCCS(=O)(=O)O. The third-order valence-electron chi connectivity index (χ3n) is 7.34. The largest absolute Gasteiger partial charge is 0.396 e. The van der Waals surface area contributed by atoms with Crippen LogP contribution in [-0.2, 0) is 10.1 Å². The first-order valence-corrected chi connectivity index (χ1v) is 16.4. The van der Waals surface area contributed by atoms with Crippen LogP contribution in [0.25, 0.3) is 0 Å². The lowest BCUT2D eigenvalue weighted by Crippen LogP contribution is -2.47. The molecular formula is C28H61N2O4S+. The molecule has 6 nitrogen and oxygen atoms in total. The Balaban J connectivity index is 4.02. The van der Waals surface area contributed by atoms with Crippen LogP contribution >= 0.6 is 0 Å². The zero-order chi connectivity index (χ0) is 26.3. The molecule has 0 fully saturated rings. The van der Waals surface area contributed by atoms with Gasteiger partial charge in [0, 0.05) is 19.6 Å². The van der Waals surface area contributed by atoms with Crippen molar-refractivity contribution in [2.24, 2.45) is 0 Å². The molecule has 0 radical (unpaired) electrons. The normalized spacial score (nSPS) is 14.0. The second kappa shape index (κ2) is 22.9. The van der Waals surface area contributed by atoms with Crippen LogP contribution in [-0.4, -0.2) is 86.6 Å². The minimum Gasteiger partial charge on any atom is -0.396 e. The van der Waals surface area contributed by atoms with Gasteiger partial charge in [0.15, 0.2) is 0 Å². The van der Waals surface area contributed by atoms with E-state index in [1.807, 2.05) is 0 Å². The first-order valence-electron chi connectivity index (χ1n) is 14.8. The summed E-state index contributed by atoms with van der Waals surface area (Å²) in [7, 11) is 0.475. The van der Waals surface area contributed by atoms with Crippen molar-refractivity contribution < 1.29 is 22.6 Å². The molecule has 0 amide bonds. The smallest absolute Gasteiger partial charge is 0.265 e. The summed E-state index contributed by atoms with van der Waals surface area (Å²) >= 11 is 0. The van der Waals surface area contributed by atoms with Crippen molar-refractivity contribution in [2.75, 3.05) is 59.2 Å². The van der Waals surface area contributed by atoms with Gasteiger partial charge in [-0.1, -0.05) is 84.0 Å². The molecule has 35 heavy (non-hydrogen) atoms. The third kappa shape index (κ3) is 25.2. The van der Waals surface area contributed by atoms with Crippen LogP contribution < -0.4 is 0 Å². The van der Waals surface area contributed by atoms with Gasteiger partial charge in [-0.05, 0) is 45.7 Å². The molecule has 1 unspecified atom stereocenters. The fourth-order valence-electron chi connectivity index (χ4n) is 4.98. The molecule has 0 bridgehead atoms.